The Kier molecular flexibility index (Phi) is 9.71. The molecule has 7 nitrogen and oxygen atoms in total. The number of likely N-dealkylation sites (tertiary alicyclic amines) is 1. The first kappa shape index (κ1) is 28.3. The highest BCUT2D eigenvalue weighted by Gasteiger charge is 2.35. The summed E-state index contributed by atoms with van der Waals surface area (Å²) in [5.74, 6) is 0.264. The third-order valence-electron chi connectivity index (χ3n) is 7.74. The van der Waals surface area contributed by atoms with Gasteiger partial charge in [-0.25, -0.2) is 0 Å². The minimum Gasteiger partial charge on any atom is -0.347 e. The van der Waals surface area contributed by atoms with Crippen LogP contribution in [0.15, 0.2) is 72.8 Å². The van der Waals surface area contributed by atoms with Gasteiger partial charge < -0.3 is 20.0 Å². The molecule has 0 bridgehead atoms. The number of hydrogen-bond acceptors (Lipinski definition) is 4. The Balaban J connectivity index is 1.53. The van der Waals surface area contributed by atoms with Crippen molar-refractivity contribution in [1.29, 1.82) is 0 Å². The van der Waals surface area contributed by atoms with Gasteiger partial charge in [0.2, 0.25) is 18.2 Å². The van der Waals surface area contributed by atoms with Crippen molar-refractivity contribution >= 4 is 29.0 Å². The molecule has 0 spiro atoms. The molecular formula is C32H40N4O3. The molecule has 39 heavy (non-hydrogen) atoms. The number of hydrogen-bond donors (Lipinski definition) is 1. The zero-order valence-electron chi connectivity index (χ0n) is 23.3. The molecule has 0 aliphatic carbocycles. The van der Waals surface area contributed by atoms with Gasteiger partial charge in [0.05, 0.1) is 0 Å². The van der Waals surface area contributed by atoms with Crippen molar-refractivity contribution in [2.75, 3.05) is 40.8 Å². The fourth-order valence-electron chi connectivity index (χ4n) is 5.59. The Morgan fingerprint density at radius 3 is 2.23 bits per heavy atom. The summed E-state index contributed by atoms with van der Waals surface area (Å²) in [6, 6.07) is 22.5. The number of likely N-dealkylation sites (N-methyl/N-ethyl adjacent to an activating group) is 1. The highest BCUT2D eigenvalue weighted by Crippen LogP contribution is 2.22. The second kappa shape index (κ2) is 13.4. The minimum atomic E-state index is -0.773. The molecule has 7 heteroatoms. The lowest BCUT2D eigenvalue weighted by atomic mass is 9.94. The maximum absolute atomic E-state index is 13.9. The number of benzene rings is 3. The zero-order chi connectivity index (χ0) is 27.8. The van der Waals surface area contributed by atoms with E-state index in [4.69, 9.17) is 0 Å². The van der Waals surface area contributed by atoms with E-state index in [-0.39, 0.29) is 11.8 Å². The van der Waals surface area contributed by atoms with Crippen molar-refractivity contribution in [3.05, 3.63) is 83.9 Å². The van der Waals surface area contributed by atoms with Crippen molar-refractivity contribution in [1.82, 2.24) is 20.0 Å². The molecule has 3 aromatic rings. The molecule has 3 amide bonds. The molecule has 3 aromatic carbocycles. The summed E-state index contributed by atoms with van der Waals surface area (Å²) >= 11 is 0. The average Bonchev–Trinajstić information content (AvgIpc) is 2.95. The van der Waals surface area contributed by atoms with Gasteiger partial charge in [-0.15, -0.1) is 0 Å². The molecule has 1 saturated heterocycles. The first-order valence-electron chi connectivity index (χ1n) is 13.8. The predicted molar refractivity (Wildman–Crippen MR) is 155 cm³/mol. The van der Waals surface area contributed by atoms with E-state index in [9.17, 15) is 14.4 Å². The second-order valence-corrected chi connectivity index (χ2v) is 10.9. The normalized spacial score (nSPS) is 15.6. The van der Waals surface area contributed by atoms with E-state index in [0.717, 1.165) is 41.3 Å². The second-order valence-electron chi connectivity index (χ2n) is 10.9. The molecule has 2 atom stereocenters. The van der Waals surface area contributed by atoms with Crippen LogP contribution in [0.1, 0.15) is 24.0 Å². The lowest BCUT2D eigenvalue weighted by molar-refractivity contribution is -0.146. The largest absolute Gasteiger partial charge is 0.347 e. The van der Waals surface area contributed by atoms with Crippen LogP contribution in [0.3, 0.4) is 0 Å². The van der Waals surface area contributed by atoms with Crippen LogP contribution in [0, 0.1) is 5.92 Å². The molecule has 0 saturated carbocycles. The summed E-state index contributed by atoms with van der Waals surface area (Å²) in [6.07, 6.45) is 3.24. The van der Waals surface area contributed by atoms with Crippen LogP contribution in [-0.4, -0.2) is 85.8 Å². The van der Waals surface area contributed by atoms with Gasteiger partial charge in [0.1, 0.15) is 12.1 Å². The number of carbonyl (C=O) groups is 3. The van der Waals surface area contributed by atoms with Gasteiger partial charge in [-0.3, -0.25) is 14.4 Å². The first-order chi connectivity index (χ1) is 18.9. The van der Waals surface area contributed by atoms with Crippen molar-refractivity contribution in [3.8, 4) is 0 Å². The standard InChI is InChI=1S/C32H40N4O3/c1-34(2)22-25-15-17-36(18-16-25)32(39)30(21-24-9-5-4-6-10-24)35(3)31(38)29(33-23-37)20-26-13-14-27-11-7-8-12-28(27)19-26/h4-14,19,23,25,29-30H,15-18,20-22H2,1-3H3,(H,33,37). The molecular weight excluding hydrogens is 488 g/mol. The zero-order valence-corrected chi connectivity index (χ0v) is 23.3. The fraction of sp³-hybridized carbons (Fsp3) is 0.406. The van der Waals surface area contributed by atoms with Gasteiger partial charge in [-0.2, -0.15) is 0 Å². The van der Waals surface area contributed by atoms with E-state index in [1.807, 2.05) is 77.7 Å². The molecule has 1 aliphatic heterocycles. The van der Waals surface area contributed by atoms with Gasteiger partial charge in [0.25, 0.3) is 0 Å². The molecule has 2 unspecified atom stereocenters. The maximum atomic E-state index is 13.9. The number of piperidine rings is 1. The molecule has 1 N–H and O–H groups in total. The number of nitrogens with zero attached hydrogens (tertiary/aromatic N) is 3. The lowest BCUT2D eigenvalue weighted by Gasteiger charge is -2.38. The Hall–Kier alpha value is -3.71. The van der Waals surface area contributed by atoms with Gasteiger partial charge in [0.15, 0.2) is 0 Å². The van der Waals surface area contributed by atoms with E-state index in [1.165, 1.54) is 0 Å². The van der Waals surface area contributed by atoms with E-state index < -0.39 is 12.1 Å². The highest BCUT2D eigenvalue weighted by atomic mass is 16.2. The third-order valence-corrected chi connectivity index (χ3v) is 7.74. The number of rotatable bonds is 11. The highest BCUT2D eigenvalue weighted by molar-refractivity contribution is 5.91. The molecule has 0 aromatic heterocycles. The molecule has 4 rings (SSSR count). The molecule has 1 heterocycles. The molecule has 0 radical (unpaired) electrons. The van der Waals surface area contributed by atoms with Crippen LogP contribution in [0.25, 0.3) is 10.8 Å². The Labute approximate surface area is 231 Å². The van der Waals surface area contributed by atoms with Gasteiger partial charge in [-0.05, 0) is 54.8 Å². The van der Waals surface area contributed by atoms with Crippen molar-refractivity contribution < 1.29 is 14.4 Å². The first-order valence-corrected chi connectivity index (χ1v) is 13.8. The van der Waals surface area contributed by atoms with Gasteiger partial charge in [0, 0.05) is 39.5 Å². The lowest BCUT2D eigenvalue weighted by Crippen LogP contribution is -2.56. The Morgan fingerprint density at radius 2 is 1.56 bits per heavy atom. The van der Waals surface area contributed by atoms with Crippen LogP contribution < -0.4 is 5.32 Å². The van der Waals surface area contributed by atoms with Crippen molar-refractivity contribution in [2.45, 2.75) is 37.8 Å². The summed E-state index contributed by atoms with van der Waals surface area (Å²) in [5, 5.41) is 4.92. The monoisotopic (exact) mass is 528 g/mol. The summed E-state index contributed by atoms with van der Waals surface area (Å²) in [4.78, 5) is 44.9. The maximum Gasteiger partial charge on any atom is 0.245 e. The van der Waals surface area contributed by atoms with Crippen LogP contribution in [0.5, 0.6) is 0 Å². The van der Waals surface area contributed by atoms with Crippen LogP contribution in [-0.2, 0) is 27.2 Å². The fourth-order valence-corrected chi connectivity index (χ4v) is 5.59. The van der Waals surface area contributed by atoms with Crippen molar-refractivity contribution in [2.24, 2.45) is 5.92 Å². The third kappa shape index (κ3) is 7.45. The SMILES string of the molecule is CN(C)CC1CCN(C(=O)C(Cc2ccccc2)N(C)C(=O)C(Cc2ccc3ccccc3c2)NC=O)CC1. The quantitative estimate of drug-likeness (QED) is 0.388. The number of nitrogens with one attached hydrogen (secondary N) is 1. The van der Waals surface area contributed by atoms with Crippen LogP contribution in [0.4, 0.5) is 0 Å². The van der Waals surface area contributed by atoms with E-state index in [2.05, 4.69) is 24.3 Å². The van der Waals surface area contributed by atoms with Crippen LogP contribution >= 0.6 is 0 Å². The molecule has 1 fully saturated rings. The van der Waals surface area contributed by atoms with E-state index >= 15 is 0 Å². The Bertz CT molecular complexity index is 1250. The van der Waals surface area contributed by atoms with E-state index in [1.54, 1.807) is 11.9 Å². The number of fused-ring (bicyclic) bond motifs is 1. The minimum absolute atomic E-state index is 0.0337. The summed E-state index contributed by atoms with van der Waals surface area (Å²) in [5.41, 5.74) is 1.94. The van der Waals surface area contributed by atoms with Gasteiger partial charge >= 0.3 is 0 Å². The summed E-state index contributed by atoms with van der Waals surface area (Å²) in [6.45, 7) is 2.40. The summed E-state index contributed by atoms with van der Waals surface area (Å²) < 4.78 is 0. The van der Waals surface area contributed by atoms with Crippen LogP contribution in [0.2, 0.25) is 0 Å². The smallest absolute Gasteiger partial charge is 0.245 e. The average molecular weight is 529 g/mol. The van der Waals surface area contributed by atoms with Crippen molar-refractivity contribution in [3.63, 3.8) is 0 Å². The topological polar surface area (TPSA) is 73.0 Å². The Morgan fingerprint density at radius 1 is 0.897 bits per heavy atom. The predicted octanol–water partition coefficient (Wildman–Crippen LogP) is 3.37. The number of amides is 3. The molecule has 1 aliphatic rings. The van der Waals surface area contributed by atoms with Gasteiger partial charge in [-0.1, -0.05) is 72.8 Å². The molecule has 206 valence electrons. The number of carbonyl (C=O) groups excluding carboxylic acids is 3. The van der Waals surface area contributed by atoms with E-state index in [0.29, 0.717) is 38.3 Å². The summed E-state index contributed by atoms with van der Waals surface area (Å²) in [7, 11) is 5.85.